The van der Waals surface area contributed by atoms with E-state index >= 15 is 0 Å². The summed E-state index contributed by atoms with van der Waals surface area (Å²) < 4.78 is 2.25. The minimum Gasteiger partial charge on any atom is -0.390 e. The van der Waals surface area contributed by atoms with Gasteiger partial charge in [0.2, 0.25) is 0 Å². The molecule has 0 bridgehead atoms. The SMILES string of the molecule is O=C(NCC(O)CNCC1CCCCC1)c1ccc2c(ccn2N2CCC(Cc3ccccc3)CC2)c1. The Hall–Kier alpha value is -2.83. The van der Waals surface area contributed by atoms with Crippen LogP contribution < -0.4 is 15.6 Å². The molecule has 6 heteroatoms. The zero-order valence-electron chi connectivity index (χ0n) is 21.9. The van der Waals surface area contributed by atoms with Gasteiger partial charge in [0, 0.05) is 43.3 Å². The van der Waals surface area contributed by atoms with E-state index in [4.69, 9.17) is 0 Å². The van der Waals surface area contributed by atoms with Crippen LogP contribution in [0.25, 0.3) is 10.9 Å². The molecule has 1 saturated heterocycles. The van der Waals surface area contributed by atoms with Gasteiger partial charge < -0.3 is 20.7 Å². The average molecular weight is 503 g/mol. The minimum absolute atomic E-state index is 0.136. The van der Waals surface area contributed by atoms with Crippen LogP contribution in [0.4, 0.5) is 0 Å². The molecule has 0 spiro atoms. The number of carbonyl (C=O) groups excluding carboxylic acids is 1. The lowest BCUT2D eigenvalue weighted by Gasteiger charge is -2.34. The number of amides is 1. The van der Waals surface area contributed by atoms with Crippen LogP contribution in [-0.4, -0.2) is 54.5 Å². The molecule has 1 unspecified atom stereocenters. The summed E-state index contributed by atoms with van der Waals surface area (Å²) in [5.41, 5.74) is 3.19. The zero-order chi connectivity index (χ0) is 25.5. The molecule has 3 N–H and O–H groups in total. The summed E-state index contributed by atoms with van der Waals surface area (Å²) in [7, 11) is 0. The van der Waals surface area contributed by atoms with Gasteiger partial charge in [-0.2, -0.15) is 0 Å². The Bertz CT molecular complexity index is 1130. The molecule has 2 heterocycles. The Morgan fingerprint density at radius 1 is 0.919 bits per heavy atom. The van der Waals surface area contributed by atoms with Crippen LogP contribution >= 0.6 is 0 Å². The number of nitrogens with zero attached hydrogens (tertiary/aromatic N) is 2. The number of nitrogens with one attached hydrogen (secondary N) is 2. The van der Waals surface area contributed by atoms with E-state index in [1.165, 1.54) is 50.5 Å². The van der Waals surface area contributed by atoms with Crippen molar-refractivity contribution in [2.45, 2.75) is 57.5 Å². The first-order valence-electron chi connectivity index (χ1n) is 14.2. The molecular weight excluding hydrogens is 460 g/mol. The molecule has 37 heavy (non-hydrogen) atoms. The van der Waals surface area contributed by atoms with Gasteiger partial charge in [0.15, 0.2) is 0 Å². The quantitative estimate of drug-likeness (QED) is 0.382. The lowest BCUT2D eigenvalue weighted by atomic mass is 9.89. The molecule has 2 aromatic carbocycles. The summed E-state index contributed by atoms with van der Waals surface area (Å²) in [6.07, 6.45) is 11.7. The molecule has 5 rings (SSSR count). The van der Waals surface area contributed by atoms with Gasteiger partial charge in [-0.25, -0.2) is 0 Å². The largest absolute Gasteiger partial charge is 0.390 e. The molecule has 1 aromatic heterocycles. The maximum atomic E-state index is 12.7. The smallest absolute Gasteiger partial charge is 0.251 e. The molecule has 2 aliphatic rings. The van der Waals surface area contributed by atoms with Crippen molar-refractivity contribution in [3.8, 4) is 0 Å². The Morgan fingerprint density at radius 2 is 1.70 bits per heavy atom. The fourth-order valence-electron chi connectivity index (χ4n) is 6.03. The molecule has 198 valence electrons. The van der Waals surface area contributed by atoms with Crippen molar-refractivity contribution in [1.29, 1.82) is 0 Å². The lowest BCUT2D eigenvalue weighted by Crippen LogP contribution is -2.41. The van der Waals surface area contributed by atoms with Gasteiger partial charge in [-0.1, -0.05) is 49.6 Å². The Balaban J connectivity index is 1.09. The van der Waals surface area contributed by atoms with Crippen molar-refractivity contribution in [1.82, 2.24) is 15.3 Å². The number of hydrogen-bond donors (Lipinski definition) is 3. The highest BCUT2D eigenvalue weighted by Gasteiger charge is 2.21. The molecule has 0 radical (unpaired) electrons. The van der Waals surface area contributed by atoms with Crippen molar-refractivity contribution in [3.05, 3.63) is 71.9 Å². The molecule has 1 aliphatic carbocycles. The van der Waals surface area contributed by atoms with Gasteiger partial charge in [0.05, 0.1) is 11.6 Å². The average Bonchev–Trinajstić information content (AvgIpc) is 3.37. The molecule has 1 aliphatic heterocycles. The Labute approximate surface area is 221 Å². The van der Waals surface area contributed by atoms with Crippen molar-refractivity contribution >= 4 is 16.8 Å². The van der Waals surface area contributed by atoms with Gasteiger partial charge >= 0.3 is 0 Å². The zero-order valence-corrected chi connectivity index (χ0v) is 21.9. The number of rotatable bonds is 10. The number of benzene rings is 2. The van der Waals surface area contributed by atoms with Crippen molar-refractivity contribution in [3.63, 3.8) is 0 Å². The number of piperidine rings is 1. The fraction of sp³-hybridized carbons (Fsp3) is 0.516. The van der Waals surface area contributed by atoms with Crippen LogP contribution in [0.1, 0.15) is 60.9 Å². The van der Waals surface area contributed by atoms with Gasteiger partial charge in [-0.3, -0.25) is 9.47 Å². The normalized spacial score (nSPS) is 18.2. The maximum Gasteiger partial charge on any atom is 0.251 e. The van der Waals surface area contributed by atoms with E-state index in [1.54, 1.807) is 0 Å². The molecule has 1 atom stereocenters. The van der Waals surface area contributed by atoms with Crippen molar-refractivity contribution in [2.24, 2.45) is 11.8 Å². The van der Waals surface area contributed by atoms with Crippen molar-refractivity contribution in [2.75, 3.05) is 37.7 Å². The summed E-state index contributed by atoms with van der Waals surface area (Å²) in [5.74, 6) is 1.33. The second kappa shape index (κ2) is 12.6. The van der Waals surface area contributed by atoms with Crippen LogP contribution in [0.15, 0.2) is 60.8 Å². The fourth-order valence-corrected chi connectivity index (χ4v) is 6.03. The van der Waals surface area contributed by atoms with E-state index in [9.17, 15) is 9.90 Å². The third kappa shape index (κ3) is 6.93. The molecule has 1 saturated carbocycles. The van der Waals surface area contributed by atoms with E-state index in [1.807, 2.05) is 18.2 Å². The van der Waals surface area contributed by atoms with Crippen LogP contribution in [-0.2, 0) is 6.42 Å². The third-order valence-corrected chi connectivity index (χ3v) is 8.23. The standard InChI is InChI=1S/C31H42N4O2/c36-29(22-32-21-26-9-5-2-6-10-26)23-33-31(37)28-11-12-30-27(20-28)15-18-35(30)34-16-13-25(14-17-34)19-24-7-3-1-4-8-24/h1,3-4,7-8,11-12,15,18,20,25-26,29,32,36H,2,5-6,9-10,13-14,16-17,19,21-23H2,(H,33,37). The molecular formula is C31H42N4O2. The number of fused-ring (bicyclic) bond motifs is 1. The molecule has 2 fully saturated rings. The van der Waals surface area contributed by atoms with E-state index in [2.05, 4.69) is 62.9 Å². The summed E-state index contributed by atoms with van der Waals surface area (Å²) in [4.78, 5) is 12.7. The number of aliphatic hydroxyl groups is 1. The predicted molar refractivity (Wildman–Crippen MR) is 151 cm³/mol. The summed E-state index contributed by atoms with van der Waals surface area (Å²) in [6.45, 7) is 3.81. The number of hydrogen-bond acceptors (Lipinski definition) is 4. The van der Waals surface area contributed by atoms with Crippen LogP contribution in [0.3, 0.4) is 0 Å². The van der Waals surface area contributed by atoms with Crippen LogP contribution in [0, 0.1) is 11.8 Å². The third-order valence-electron chi connectivity index (χ3n) is 8.23. The van der Waals surface area contributed by atoms with Gasteiger partial charge in [-0.05, 0) is 80.3 Å². The number of carbonyl (C=O) groups is 1. The highest BCUT2D eigenvalue weighted by Crippen LogP contribution is 2.25. The Morgan fingerprint density at radius 3 is 2.49 bits per heavy atom. The first kappa shape index (κ1) is 25.8. The summed E-state index contributed by atoms with van der Waals surface area (Å²) >= 11 is 0. The van der Waals surface area contributed by atoms with Crippen LogP contribution in [0.5, 0.6) is 0 Å². The predicted octanol–water partition coefficient (Wildman–Crippen LogP) is 4.49. The lowest BCUT2D eigenvalue weighted by molar-refractivity contribution is 0.0914. The van der Waals surface area contributed by atoms with Gasteiger partial charge in [0.25, 0.3) is 5.91 Å². The highest BCUT2D eigenvalue weighted by atomic mass is 16.3. The minimum atomic E-state index is -0.581. The van der Waals surface area contributed by atoms with E-state index in [0.29, 0.717) is 12.1 Å². The molecule has 1 amide bonds. The second-order valence-corrected chi connectivity index (χ2v) is 11.0. The highest BCUT2D eigenvalue weighted by molar-refractivity contribution is 5.98. The molecule has 3 aromatic rings. The van der Waals surface area contributed by atoms with Crippen molar-refractivity contribution < 1.29 is 9.90 Å². The number of aromatic nitrogens is 1. The van der Waals surface area contributed by atoms with Gasteiger partial charge in [-0.15, -0.1) is 0 Å². The van der Waals surface area contributed by atoms with Gasteiger partial charge in [0.1, 0.15) is 0 Å². The second-order valence-electron chi connectivity index (χ2n) is 11.0. The monoisotopic (exact) mass is 502 g/mol. The molecule has 6 nitrogen and oxygen atoms in total. The van der Waals surface area contributed by atoms with E-state index in [-0.39, 0.29) is 12.5 Å². The van der Waals surface area contributed by atoms with E-state index < -0.39 is 6.10 Å². The number of aliphatic hydroxyl groups excluding tert-OH is 1. The maximum absolute atomic E-state index is 12.7. The topological polar surface area (TPSA) is 69.5 Å². The first-order valence-corrected chi connectivity index (χ1v) is 14.2. The summed E-state index contributed by atoms with van der Waals surface area (Å²) in [5, 5.41) is 20.1. The van der Waals surface area contributed by atoms with Crippen LogP contribution in [0.2, 0.25) is 0 Å². The van der Waals surface area contributed by atoms with E-state index in [0.717, 1.165) is 48.8 Å². The first-order chi connectivity index (χ1) is 18.2. The Kier molecular flexibility index (Phi) is 8.80. The summed E-state index contributed by atoms with van der Waals surface area (Å²) in [6, 6.07) is 18.8.